The number of aromatic nitrogens is 4. The maximum absolute atomic E-state index is 14.9. The highest BCUT2D eigenvalue weighted by atomic mass is 35.5. The van der Waals surface area contributed by atoms with Crippen LogP contribution in [-0.2, 0) is 10.9 Å². The molecule has 1 aromatic carbocycles. The Morgan fingerprint density at radius 1 is 1.24 bits per heavy atom. The molecule has 3 aromatic heterocycles. The number of pyridine rings is 1. The molecule has 2 amide bonds. The van der Waals surface area contributed by atoms with Gasteiger partial charge in [0.25, 0.3) is 5.91 Å². The van der Waals surface area contributed by atoms with Crippen LogP contribution in [0, 0.1) is 5.82 Å². The molecule has 3 heterocycles. The second-order valence-corrected chi connectivity index (χ2v) is 9.48. The molecule has 0 saturated heterocycles. The van der Waals surface area contributed by atoms with Crippen LogP contribution in [0.25, 0.3) is 27.6 Å². The molecule has 0 radical (unpaired) electrons. The Balaban J connectivity index is 2.02. The summed E-state index contributed by atoms with van der Waals surface area (Å²) in [6, 6.07) is 2.23. The molecule has 4 aromatic rings. The molecule has 37 heavy (non-hydrogen) atoms. The molecule has 0 bridgehead atoms. The molecule has 0 aliphatic heterocycles. The maximum Gasteiger partial charge on any atom is 0.435 e. The largest absolute Gasteiger partial charge is 0.443 e. The van der Waals surface area contributed by atoms with Crippen LogP contribution in [0.5, 0.6) is 0 Å². The van der Waals surface area contributed by atoms with Gasteiger partial charge in [-0.1, -0.05) is 11.6 Å². The predicted molar refractivity (Wildman–Crippen MR) is 128 cm³/mol. The summed E-state index contributed by atoms with van der Waals surface area (Å²) in [6.07, 6.45) is -3.76. The number of hydrogen-bond donors (Lipinski definition) is 2. The number of carbonyl (C=O) groups is 2. The second kappa shape index (κ2) is 8.91. The van der Waals surface area contributed by atoms with Gasteiger partial charge in [-0.2, -0.15) is 18.3 Å². The lowest BCUT2D eigenvalue weighted by Crippen LogP contribution is -2.37. The SMILES string of the molecule is CCN(C(=O)OC(C)(C)C)c1cc(F)cc2c1[nH]c1ncc(Cl)c(-n3cc(C(N)=O)c(C(F)(F)F)n3)c12. The fourth-order valence-electron chi connectivity index (χ4n) is 3.90. The van der Waals surface area contributed by atoms with Crippen molar-refractivity contribution in [3.63, 3.8) is 0 Å². The van der Waals surface area contributed by atoms with Crippen molar-refractivity contribution in [3.05, 3.63) is 46.6 Å². The van der Waals surface area contributed by atoms with E-state index in [0.717, 1.165) is 29.2 Å². The van der Waals surface area contributed by atoms with Crippen LogP contribution in [0.2, 0.25) is 5.02 Å². The Bertz CT molecular complexity index is 1550. The number of nitrogens with two attached hydrogens (primary N) is 1. The Labute approximate surface area is 212 Å². The van der Waals surface area contributed by atoms with E-state index in [2.05, 4.69) is 15.1 Å². The zero-order valence-corrected chi connectivity index (χ0v) is 20.8. The summed E-state index contributed by atoms with van der Waals surface area (Å²) in [6.45, 7) is 6.82. The number of rotatable bonds is 4. The van der Waals surface area contributed by atoms with Gasteiger partial charge in [0, 0.05) is 18.1 Å². The lowest BCUT2D eigenvalue weighted by molar-refractivity contribution is -0.141. The molecule has 9 nitrogen and oxygen atoms in total. The van der Waals surface area contributed by atoms with E-state index in [-0.39, 0.29) is 44.9 Å². The monoisotopic (exact) mass is 540 g/mol. The molecule has 0 aliphatic rings. The molecule has 14 heteroatoms. The minimum Gasteiger partial charge on any atom is -0.443 e. The Kier molecular flexibility index (Phi) is 6.31. The third-order valence-corrected chi connectivity index (χ3v) is 5.58. The normalized spacial score (nSPS) is 12.4. The van der Waals surface area contributed by atoms with Crippen molar-refractivity contribution in [3.8, 4) is 5.69 Å². The molecule has 0 aliphatic carbocycles. The number of hydrogen-bond acceptors (Lipinski definition) is 5. The number of aromatic amines is 1. The summed E-state index contributed by atoms with van der Waals surface area (Å²) in [5.41, 5.74) is 2.31. The summed E-state index contributed by atoms with van der Waals surface area (Å²) in [7, 11) is 0. The van der Waals surface area contributed by atoms with E-state index in [1.807, 2.05) is 0 Å². The van der Waals surface area contributed by atoms with Gasteiger partial charge in [-0.05, 0) is 39.8 Å². The maximum atomic E-state index is 14.9. The summed E-state index contributed by atoms with van der Waals surface area (Å²) < 4.78 is 61.7. The number of primary amides is 1. The topological polar surface area (TPSA) is 119 Å². The van der Waals surface area contributed by atoms with Gasteiger partial charge in [0.15, 0.2) is 5.69 Å². The first kappa shape index (κ1) is 26.2. The van der Waals surface area contributed by atoms with E-state index in [1.165, 1.54) is 4.90 Å². The van der Waals surface area contributed by atoms with Crippen LogP contribution in [0.15, 0.2) is 24.5 Å². The van der Waals surface area contributed by atoms with Gasteiger partial charge in [0.1, 0.15) is 17.1 Å². The van der Waals surface area contributed by atoms with Crippen molar-refractivity contribution in [2.45, 2.75) is 39.5 Å². The average molecular weight is 541 g/mol. The number of fused-ring (bicyclic) bond motifs is 3. The lowest BCUT2D eigenvalue weighted by atomic mass is 10.1. The molecule has 0 atom stereocenters. The number of anilines is 1. The highest BCUT2D eigenvalue weighted by Gasteiger charge is 2.39. The zero-order chi connectivity index (χ0) is 27.4. The third-order valence-electron chi connectivity index (χ3n) is 5.30. The fourth-order valence-corrected chi connectivity index (χ4v) is 4.13. The number of nitrogens with zero attached hydrogens (tertiary/aromatic N) is 4. The van der Waals surface area contributed by atoms with E-state index < -0.39 is 40.9 Å². The zero-order valence-electron chi connectivity index (χ0n) is 20.0. The number of alkyl halides is 3. The van der Waals surface area contributed by atoms with Gasteiger partial charge >= 0.3 is 12.3 Å². The van der Waals surface area contributed by atoms with E-state index in [9.17, 15) is 27.2 Å². The number of nitrogens with one attached hydrogen (secondary N) is 1. The Hall–Kier alpha value is -3.87. The van der Waals surface area contributed by atoms with E-state index in [1.54, 1.807) is 27.7 Å². The van der Waals surface area contributed by atoms with Crippen molar-refractivity contribution < 1.29 is 31.9 Å². The molecular weight excluding hydrogens is 520 g/mol. The Morgan fingerprint density at radius 2 is 1.92 bits per heavy atom. The first-order valence-corrected chi connectivity index (χ1v) is 11.3. The molecular formula is C23H21ClF4N6O3. The van der Waals surface area contributed by atoms with Crippen molar-refractivity contribution >= 4 is 51.2 Å². The standard InChI is InChI=1S/C23H21ClF4N6O3/c1-5-33(21(36)37-22(2,3)4)14-7-10(25)6-11-15-17(13(24)8-30-20(15)31-16(11)14)34-9-12(19(29)35)18(32-34)23(26,27)28/h6-9H,5H2,1-4H3,(H2,29,35)(H,30,31). The minimum atomic E-state index is -4.98. The van der Waals surface area contributed by atoms with Crippen molar-refractivity contribution in [2.75, 3.05) is 11.4 Å². The average Bonchev–Trinajstić information content (AvgIpc) is 3.35. The van der Waals surface area contributed by atoms with Crippen LogP contribution in [0.1, 0.15) is 43.7 Å². The van der Waals surface area contributed by atoms with Crippen molar-refractivity contribution in [1.29, 1.82) is 0 Å². The highest BCUT2D eigenvalue weighted by molar-refractivity contribution is 6.34. The van der Waals surface area contributed by atoms with Crippen LogP contribution >= 0.6 is 11.6 Å². The second-order valence-electron chi connectivity index (χ2n) is 9.07. The molecule has 0 fully saturated rings. The van der Waals surface area contributed by atoms with Gasteiger partial charge < -0.3 is 15.5 Å². The van der Waals surface area contributed by atoms with Crippen LogP contribution < -0.4 is 10.6 Å². The minimum absolute atomic E-state index is 0.104. The molecule has 4 rings (SSSR count). The fraction of sp³-hybridized carbons (Fsp3) is 0.304. The molecule has 0 unspecified atom stereocenters. The summed E-state index contributed by atoms with van der Waals surface area (Å²) >= 11 is 6.33. The van der Waals surface area contributed by atoms with Crippen LogP contribution in [0.4, 0.5) is 28.0 Å². The van der Waals surface area contributed by atoms with E-state index in [0.29, 0.717) is 0 Å². The van der Waals surface area contributed by atoms with Crippen molar-refractivity contribution in [2.24, 2.45) is 5.73 Å². The summed E-state index contributed by atoms with van der Waals surface area (Å²) in [5, 5.41) is 3.65. The molecule has 0 spiro atoms. The number of amides is 2. The van der Waals surface area contributed by atoms with Crippen LogP contribution in [-0.4, -0.2) is 43.9 Å². The number of benzene rings is 1. The molecule has 196 valence electrons. The summed E-state index contributed by atoms with van der Waals surface area (Å²) in [5.74, 6) is -2.09. The quantitative estimate of drug-likeness (QED) is 0.328. The highest BCUT2D eigenvalue weighted by Crippen LogP contribution is 2.39. The van der Waals surface area contributed by atoms with Gasteiger partial charge in [0.2, 0.25) is 0 Å². The molecule has 0 saturated carbocycles. The van der Waals surface area contributed by atoms with Gasteiger partial charge in [0.05, 0.1) is 39.1 Å². The Morgan fingerprint density at radius 3 is 2.46 bits per heavy atom. The van der Waals surface area contributed by atoms with E-state index in [4.69, 9.17) is 22.1 Å². The lowest BCUT2D eigenvalue weighted by Gasteiger charge is -2.27. The number of H-pyrrole nitrogens is 1. The number of ether oxygens (including phenoxy) is 1. The smallest absolute Gasteiger partial charge is 0.435 e. The number of halogens is 5. The first-order valence-electron chi connectivity index (χ1n) is 10.9. The first-order chi connectivity index (χ1) is 17.1. The third kappa shape index (κ3) is 4.78. The van der Waals surface area contributed by atoms with Crippen LogP contribution in [0.3, 0.4) is 0 Å². The van der Waals surface area contributed by atoms with Gasteiger partial charge in [-0.25, -0.2) is 18.9 Å². The predicted octanol–water partition coefficient (Wildman–Crippen LogP) is 5.57. The number of carbonyl (C=O) groups excluding carboxylic acids is 2. The molecule has 3 N–H and O–H groups in total. The van der Waals surface area contributed by atoms with Gasteiger partial charge in [-0.15, -0.1) is 0 Å². The summed E-state index contributed by atoms with van der Waals surface area (Å²) in [4.78, 5) is 32.9. The van der Waals surface area contributed by atoms with Crippen molar-refractivity contribution in [1.82, 2.24) is 19.7 Å². The van der Waals surface area contributed by atoms with E-state index >= 15 is 0 Å². The van der Waals surface area contributed by atoms with Gasteiger partial charge in [-0.3, -0.25) is 9.69 Å².